The molecule has 1 aliphatic rings. The quantitative estimate of drug-likeness (QED) is 0.307. The van der Waals surface area contributed by atoms with Gasteiger partial charge in [-0.25, -0.2) is 0 Å². The number of nitrogens with one attached hydrogen (secondary N) is 1. The van der Waals surface area contributed by atoms with Crippen LogP contribution in [0.5, 0.6) is 0 Å². The molecule has 4 rings (SSSR count). The molecule has 9 heteroatoms. The Balaban J connectivity index is 1.21. The van der Waals surface area contributed by atoms with Crippen LogP contribution in [0.2, 0.25) is 5.02 Å². The minimum Gasteiger partial charge on any atom is -0.308 e. The number of rotatable bonds is 9. The van der Waals surface area contributed by atoms with E-state index in [1.165, 1.54) is 4.90 Å². The molecule has 0 atom stereocenters. The lowest BCUT2D eigenvalue weighted by Crippen LogP contribution is -2.30. The van der Waals surface area contributed by atoms with Gasteiger partial charge in [-0.2, -0.15) is 5.10 Å². The van der Waals surface area contributed by atoms with Crippen molar-refractivity contribution in [1.29, 1.82) is 0 Å². The number of unbranched alkanes of at least 4 members (excludes halogenated alkanes) is 2. The number of hydrogen-bond donors (Lipinski definition) is 1. The summed E-state index contributed by atoms with van der Waals surface area (Å²) >= 11 is 9.64. The summed E-state index contributed by atoms with van der Waals surface area (Å²) < 4.78 is 2.40. The maximum Gasteiger partial charge on any atom is 0.261 e. The van der Waals surface area contributed by atoms with Crippen LogP contribution in [0.25, 0.3) is 0 Å². The summed E-state index contributed by atoms with van der Waals surface area (Å²) in [5.41, 5.74) is 1.85. The smallest absolute Gasteiger partial charge is 0.261 e. The second kappa shape index (κ2) is 10.3. The fourth-order valence-electron chi connectivity index (χ4n) is 3.73. The first-order valence-electron chi connectivity index (χ1n) is 10.7. The lowest BCUT2D eigenvalue weighted by molar-refractivity contribution is -0.116. The van der Waals surface area contributed by atoms with E-state index in [9.17, 15) is 14.4 Å². The van der Waals surface area contributed by atoms with E-state index in [-0.39, 0.29) is 17.7 Å². The first kappa shape index (κ1) is 23.2. The minimum atomic E-state index is -0.245. The first-order chi connectivity index (χ1) is 15.9. The molecule has 0 aliphatic carbocycles. The van der Waals surface area contributed by atoms with E-state index in [1.54, 1.807) is 35.1 Å². The van der Waals surface area contributed by atoms with Gasteiger partial charge < -0.3 is 5.32 Å². The molecule has 0 saturated carbocycles. The Labute approximate surface area is 204 Å². The number of hydrogen-bond acceptors (Lipinski definition) is 4. The van der Waals surface area contributed by atoms with Crippen LogP contribution in [0.1, 0.15) is 52.0 Å². The van der Waals surface area contributed by atoms with E-state index >= 15 is 0 Å². The van der Waals surface area contributed by atoms with E-state index in [0.29, 0.717) is 58.8 Å². The Bertz CT molecular complexity index is 1170. The van der Waals surface area contributed by atoms with Crippen LogP contribution >= 0.6 is 27.5 Å². The average molecular weight is 530 g/mol. The summed E-state index contributed by atoms with van der Waals surface area (Å²) in [6.07, 6.45) is 4.14. The zero-order valence-electron chi connectivity index (χ0n) is 17.8. The molecule has 7 nitrogen and oxygen atoms in total. The van der Waals surface area contributed by atoms with Gasteiger partial charge in [-0.15, -0.1) is 0 Å². The van der Waals surface area contributed by atoms with Crippen LogP contribution in [0.3, 0.4) is 0 Å². The van der Waals surface area contributed by atoms with E-state index in [1.807, 2.05) is 24.3 Å². The number of carbonyl (C=O) groups excluding carboxylic acids is 3. The van der Waals surface area contributed by atoms with Crippen molar-refractivity contribution in [2.24, 2.45) is 0 Å². The van der Waals surface area contributed by atoms with Gasteiger partial charge in [0.15, 0.2) is 5.82 Å². The van der Waals surface area contributed by atoms with E-state index < -0.39 is 0 Å². The lowest BCUT2D eigenvalue weighted by atomic mass is 10.1. The second-order valence-electron chi connectivity index (χ2n) is 7.78. The Morgan fingerprint density at radius 1 is 0.970 bits per heavy atom. The van der Waals surface area contributed by atoms with Crippen molar-refractivity contribution < 1.29 is 14.4 Å². The van der Waals surface area contributed by atoms with Crippen molar-refractivity contribution in [2.45, 2.75) is 32.2 Å². The molecule has 2 heterocycles. The first-order valence-corrected chi connectivity index (χ1v) is 11.8. The van der Waals surface area contributed by atoms with Gasteiger partial charge in [0.05, 0.1) is 22.1 Å². The van der Waals surface area contributed by atoms with Crippen LogP contribution in [-0.4, -0.2) is 38.9 Å². The molecule has 0 radical (unpaired) electrons. The third-order valence-corrected chi connectivity index (χ3v) is 6.38. The summed E-state index contributed by atoms with van der Waals surface area (Å²) in [6, 6.07) is 14.4. The van der Waals surface area contributed by atoms with Gasteiger partial charge in [-0.3, -0.25) is 24.0 Å². The van der Waals surface area contributed by atoms with Crippen molar-refractivity contribution >= 4 is 51.1 Å². The number of halogens is 2. The predicted molar refractivity (Wildman–Crippen MR) is 129 cm³/mol. The molecule has 0 fully saturated rings. The fraction of sp³-hybridized carbons (Fsp3) is 0.250. The van der Waals surface area contributed by atoms with Crippen molar-refractivity contribution in [3.05, 3.63) is 80.9 Å². The maximum atomic E-state index is 12.4. The highest BCUT2D eigenvalue weighted by molar-refractivity contribution is 9.10. The third-order valence-electron chi connectivity index (χ3n) is 5.43. The number of fused-ring (bicyclic) bond motifs is 1. The molecular formula is C24H22BrClN4O3. The molecule has 2 aromatic carbocycles. The lowest BCUT2D eigenvalue weighted by Gasteiger charge is -2.13. The Hall–Kier alpha value is -2.97. The number of amides is 3. The summed E-state index contributed by atoms with van der Waals surface area (Å²) in [6.45, 7) is 0.845. The van der Waals surface area contributed by atoms with Gasteiger partial charge in [0, 0.05) is 24.2 Å². The molecule has 33 heavy (non-hydrogen) atoms. The van der Waals surface area contributed by atoms with Gasteiger partial charge >= 0.3 is 0 Å². The summed E-state index contributed by atoms with van der Waals surface area (Å²) in [5.74, 6) is -0.173. The largest absolute Gasteiger partial charge is 0.308 e. The zero-order chi connectivity index (χ0) is 23.4. The normalized spacial score (nSPS) is 12.8. The van der Waals surface area contributed by atoms with Crippen LogP contribution in [0, 0.1) is 0 Å². The van der Waals surface area contributed by atoms with Gasteiger partial charge in [0.1, 0.15) is 0 Å². The number of benzene rings is 2. The molecule has 0 bridgehead atoms. The highest BCUT2D eigenvalue weighted by atomic mass is 79.9. The van der Waals surface area contributed by atoms with Gasteiger partial charge in [0.2, 0.25) is 5.91 Å². The molecule has 0 unspecified atom stereocenters. The number of carbonyl (C=O) groups is 3. The monoisotopic (exact) mass is 528 g/mol. The SMILES string of the molecule is O=C(CCCCCN1C(=O)c2ccccc2C1=O)Nc1nn(Cc2ccccc2Cl)cc1Br. The molecule has 1 aliphatic heterocycles. The topological polar surface area (TPSA) is 84.3 Å². The summed E-state index contributed by atoms with van der Waals surface area (Å²) in [5, 5.41) is 7.90. The number of nitrogens with zero attached hydrogens (tertiary/aromatic N) is 3. The second-order valence-corrected chi connectivity index (χ2v) is 9.04. The van der Waals surface area contributed by atoms with Crippen LogP contribution < -0.4 is 5.32 Å². The van der Waals surface area contributed by atoms with Crippen LogP contribution in [0.4, 0.5) is 5.82 Å². The molecule has 170 valence electrons. The molecule has 1 N–H and O–H groups in total. The molecule has 3 aromatic rings. The number of aromatic nitrogens is 2. The van der Waals surface area contributed by atoms with Gasteiger partial charge in [-0.1, -0.05) is 48.4 Å². The molecular weight excluding hydrogens is 508 g/mol. The van der Waals surface area contributed by atoms with Crippen molar-refractivity contribution in [1.82, 2.24) is 14.7 Å². The van der Waals surface area contributed by atoms with E-state index in [0.717, 1.165) is 12.0 Å². The standard InChI is InChI=1S/C24H22BrClN4O3/c25-19-15-29(14-16-8-3-6-11-20(16)26)28-22(19)27-21(31)12-2-1-7-13-30-23(32)17-9-4-5-10-18(17)24(30)33/h3-6,8-11,15H,1-2,7,12-14H2,(H,27,28,31). The van der Waals surface area contributed by atoms with Crippen molar-refractivity contribution in [3.63, 3.8) is 0 Å². The fourth-order valence-corrected chi connectivity index (χ4v) is 4.34. The van der Waals surface area contributed by atoms with Crippen molar-refractivity contribution in [3.8, 4) is 0 Å². The van der Waals surface area contributed by atoms with Crippen LogP contribution in [-0.2, 0) is 11.3 Å². The Morgan fingerprint density at radius 3 is 2.33 bits per heavy atom. The predicted octanol–water partition coefficient (Wildman–Crippen LogP) is 5.14. The van der Waals surface area contributed by atoms with Crippen molar-refractivity contribution in [2.75, 3.05) is 11.9 Å². The van der Waals surface area contributed by atoms with Gasteiger partial charge in [0.25, 0.3) is 11.8 Å². The molecule has 1 aromatic heterocycles. The Morgan fingerprint density at radius 2 is 1.64 bits per heavy atom. The van der Waals surface area contributed by atoms with Crippen LogP contribution in [0.15, 0.2) is 59.2 Å². The summed E-state index contributed by atoms with van der Waals surface area (Å²) in [4.78, 5) is 38.4. The third kappa shape index (κ3) is 5.34. The Kier molecular flexibility index (Phi) is 7.25. The molecule has 0 spiro atoms. The zero-order valence-corrected chi connectivity index (χ0v) is 20.1. The van der Waals surface area contributed by atoms with Gasteiger partial charge in [-0.05, 0) is 52.5 Å². The van der Waals surface area contributed by atoms with E-state index in [2.05, 4.69) is 26.3 Å². The molecule has 0 saturated heterocycles. The maximum absolute atomic E-state index is 12.4. The number of imide groups is 1. The highest BCUT2D eigenvalue weighted by Crippen LogP contribution is 2.24. The minimum absolute atomic E-state index is 0.139. The molecule has 3 amide bonds. The number of anilines is 1. The summed E-state index contributed by atoms with van der Waals surface area (Å²) in [7, 11) is 0. The average Bonchev–Trinajstić information content (AvgIpc) is 3.26. The van der Waals surface area contributed by atoms with E-state index in [4.69, 9.17) is 11.6 Å². The highest BCUT2D eigenvalue weighted by Gasteiger charge is 2.34.